The smallest absolute Gasteiger partial charge is 0.0589 e. The summed E-state index contributed by atoms with van der Waals surface area (Å²) in [7, 11) is 2.15. The largest absolute Gasteiger partial charge is 0.395 e. The Labute approximate surface area is 81.3 Å². The highest BCUT2D eigenvalue weighted by molar-refractivity contribution is 4.78. The highest BCUT2D eigenvalue weighted by Gasteiger charge is 2.23. The molecule has 0 radical (unpaired) electrons. The molecule has 1 rings (SSSR count). The minimum absolute atomic E-state index is 0.293. The van der Waals surface area contributed by atoms with Gasteiger partial charge in [0.05, 0.1) is 6.61 Å². The van der Waals surface area contributed by atoms with Crippen LogP contribution in [-0.4, -0.2) is 60.8 Å². The van der Waals surface area contributed by atoms with Crippen molar-refractivity contribution in [2.75, 3.05) is 39.8 Å². The van der Waals surface area contributed by atoms with Crippen LogP contribution in [0.2, 0.25) is 0 Å². The number of likely N-dealkylation sites (N-methyl/N-ethyl adjacent to an activating group) is 1. The van der Waals surface area contributed by atoms with Crippen molar-refractivity contribution < 1.29 is 5.11 Å². The molecule has 0 aromatic heterocycles. The molecular formula is C10H22N2O. The molecule has 1 atom stereocenters. The van der Waals surface area contributed by atoms with Crippen molar-refractivity contribution in [1.82, 2.24) is 9.80 Å². The molecule has 1 saturated heterocycles. The van der Waals surface area contributed by atoms with Crippen molar-refractivity contribution in [3.05, 3.63) is 0 Å². The van der Waals surface area contributed by atoms with E-state index >= 15 is 0 Å². The molecule has 3 nitrogen and oxygen atoms in total. The van der Waals surface area contributed by atoms with E-state index in [1.165, 1.54) is 0 Å². The molecule has 78 valence electrons. The van der Waals surface area contributed by atoms with Crippen LogP contribution in [0.25, 0.3) is 0 Å². The van der Waals surface area contributed by atoms with Gasteiger partial charge >= 0.3 is 0 Å². The van der Waals surface area contributed by atoms with Crippen molar-refractivity contribution >= 4 is 0 Å². The maximum absolute atomic E-state index is 9.26. The van der Waals surface area contributed by atoms with E-state index in [-0.39, 0.29) is 0 Å². The van der Waals surface area contributed by atoms with Crippen molar-refractivity contribution in [2.45, 2.75) is 19.9 Å². The van der Waals surface area contributed by atoms with E-state index in [0.717, 1.165) is 26.2 Å². The third-order valence-electron chi connectivity index (χ3n) is 2.96. The third-order valence-corrected chi connectivity index (χ3v) is 2.96. The number of piperazine rings is 1. The molecule has 1 aliphatic rings. The second-order valence-electron chi connectivity index (χ2n) is 4.33. The van der Waals surface area contributed by atoms with Gasteiger partial charge in [0.25, 0.3) is 0 Å². The summed E-state index contributed by atoms with van der Waals surface area (Å²) in [4.78, 5) is 4.75. The van der Waals surface area contributed by atoms with Crippen LogP contribution in [-0.2, 0) is 0 Å². The number of aliphatic hydroxyl groups excluding tert-OH is 1. The van der Waals surface area contributed by atoms with Gasteiger partial charge in [-0.25, -0.2) is 0 Å². The Kier molecular flexibility index (Phi) is 4.16. The SMILES string of the molecule is CC(C)C(CO)N1CCN(C)CC1. The molecule has 13 heavy (non-hydrogen) atoms. The third kappa shape index (κ3) is 2.93. The van der Waals surface area contributed by atoms with E-state index in [9.17, 15) is 5.11 Å². The predicted molar refractivity (Wildman–Crippen MR) is 54.8 cm³/mol. The van der Waals surface area contributed by atoms with Crippen LogP contribution in [0.5, 0.6) is 0 Å². The van der Waals surface area contributed by atoms with Crippen molar-refractivity contribution in [2.24, 2.45) is 5.92 Å². The van der Waals surface area contributed by atoms with E-state index in [1.54, 1.807) is 0 Å². The lowest BCUT2D eigenvalue weighted by Gasteiger charge is -2.38. The topological polar surface area (TPSA) is 26.7 Å². The first-order valence-electron chi connectivity index (χ1n) is 5.18. The molecule has 1 aliphatic heterocycles. The summed E-state index contributed by atoms with van der Waals surface area (Å²) in [5, 5.41) is 9.26. The normalized spacial score (nSPS) is 23.8. The summed E-state index contributed by atoms with van der Waals surface area (Å²) < 4.78 is 0. The molecule has 1 N–H and O–H groups in total. The standard InChI is InChI=1S/C10H22N2O/c1-9(2)10(8-13)12-6-4-11(3)5-7-12/h9-10,13H,4-8H2,1-3H3. The van der Waals surface area contributed by atoms with Gasteiger partial charge in [0.15, 0.2) is 0 Å². The molecule has 0 spiro atoms. The lowest BCUT2D eigenvalue weighted by atomic mass is 10.0. The first-order valence-corrected chi connectivity index (χ1v) is 5.18. The van der Waals surface area contributed by atoms with Crippen molar-refractivity contribution in [3.8, 4) is 0 Å². The summed E-state index contributed by atoms with van der Waals surface area (Å²) in [5.74, 6) is 0.549. The quantitative estimate of drug-likeness (QED) is 0.684. The predicted octanol–water partition coefficient (Wildman–Crippen LogP) is 0.251. The summed E-state index contributed by atoms with van der Waals surface area (Å²) in [6.45, 7) is 9.10. The van der Waals surface area contributed by atoms with Gasteiger partial charge in [-0.3, -0.25) is 4.90 Å². The fourth-order valence-electron chi connectivity index (χ4n) is 1.90. The Morgan fingerprint density at radius 3 is 2.08 bits per heavy atom. The van der Waals surface area contributed by atoms with Crippen molar-refractivity contribution in [3.63, 3.8) is 0 Å². The van der Waals surface area contributed by atoms with Gasteiger partial charge in [-0.1, -0.05) is 13.8 Å². The molecular weight excluding hydrogens is 164 g/mol. The van der Waals surface area contributed by atoms with Crippen LogP contribution in [0.1, 0.15) is 13.8 Å². The van der Waals surface area contributed by atoms with E-state index in [1.807, 2.05) is 0 Å². The molecule has 0 bridgehead atoms. The average molecular weight is 186 g/mol. The van der Waals surface area contributed by atoms with Gasteiger partial charge in [0, 0.05) is 32.2 Å². The molecule has 0 aliphatic carbocycles. The van der Waals surface area contributed by atoms with Crippen LogP contribution in [0.15, 0.2) is 0 Å². The first kappa shape index (κ1) is 11.0. The molecule has 1 heterocycles. The van der Waals surface area contributed by atoms with E-state index < -0.39 is 0 Å². The second-order valence-corrected chi connectivity index (χ2v) is 4.33. The van der Waals surface area contributed by atoms with Gasteiger partial charge in [-0.05, 0) is 13.0 Å². The fourth-order valence-corrected chi connectivity index (χ4v) is 1.90. The average Bonchev–Trinajstić information content (AvgIpc) is 2.09. The number of nitrogens with zero attached hydrogens (tertiary/aromatic N) is 2. The lowest BCUT2D eigenvalue weighted by Crippen LogP contribution is -2.51. The Hall–Kier alpha value is -0.120. The highest BCUT2D eigenvalue weighted by Crippen LogP contribution is 2.12. The zero-order valence-electron chi connectivity index (χ0n) is 9.03. The molecule has 0 aromatic rings. The van der Waals surface area contributed by atoms with Gasteiger partial charge < -0.3 is 10.0 Å². The fraction of sp³-hybridized carbons (Fsp3) is 1.00. The summed E-state index contributed by atoms with van der Waals surface area (Å²) in [5.41, 5.74) is 0. The number of hydrogen-bond acceptors (Lipinski definition) is 3. The number of hydrogen-bond donors (Lipinski definition) is 1. The van der Waals surface area contributed by atoms with E-state index in [0.29, 0.717) is 18.6 Å². The first-order chi connectivity index (χ1) is 6.15. The maximum Gasteiger partial charge on any atom is 0.0589 e. The Morgan fingerprint density at radius 2 is 1.69 bits per heavy atom. The van der Waals surface area contributed by atoms with E-state index in [4.69, 9.17) is 0 Å². The minimum Gasteiger partial charge on any atom is -0.395 e. The molecule has 1 fully saturated rings. The number of rotatable bonds is 3. The Morgan fingerprint density at radius 1 is 1.15 bits per heavy atom. The summed E-state index contributed by atoms with van der Waals surface area (Å²) in [6.07, 6.45) is 0. The van der Waals surface area contributed by atoms with Gasteiger partial charge in [-0.2, -0.15) is 0 Å². The molecule has 3 heteroatoms. The molecule has 1 unspecified atom stereocenters. The summed E-state index contributed by atoms with van der Waals surface area (Å²) in [6, 6.07) is 0.355. The molecule has 0 aromatic carbocycles. The highest BCUT2D eigenvalue weighted by atomic mass is 16.3. The van der Waals surface area contributed by atoms with Crippen LogP contribution in [0.3, 0.4) is 0 Å². The van der Waals surface area contributed by atoms with Gasteiger partial charge in [0.1, 0.15) is 0 Å². The van der Waals surface area contributed by atoms with Gasteiger partial charge in [0.2, 0.25) is 0 Å². The minimum atomic E-state index is 0.293. The van der Waals surface area contributed by atoms with Crippen molar-refractivity contribution in [1.29, 1.82) is 0 Å². The van der Waals surface area contributed by atoms with Gasteiger partial charge in [-0.15, -0.1) is 0 Å². The lowest BCUT2D eigenvalue weighted by molar-refractivity contribution is 0.0520. The molecule has 0 amide bonds. The van der Waals surface area contributed by atoms with E-state index in [2.05, 4.69) is 30.7 Å². The van der Waals surface area contributed by atoms with Crippen LogP contribution >= 0.6 is 0 Å². The zero-order chi connectivity index (χ0) is 9.84. The Balaban J connectivity index is 2.41. The summed E-state index contributed by atoms with van der Waals surface area (Å²) >= 11 is 0. The zero-order valence-corrected chi connectivity index (χ0v) is 9.03. The van der Waals surface area contributed by atoms with Crippen LogP contribution < -0.4 is 0 Å². The molecule has 0 saturated carbocycles. The maximum atomic E-state index is 9.26. The second kappa shape index (κ2) is 4.94. The van der Waals surface area contributed by atoms with Crippen LogP contribution in [0.4, 0.5) is 0 Å². The van der Waals surface area contributed by atoms with Crippen LogP contribution in [0, 0.1) is 5.92 Å². The Bertz CT molecular complexity index is 142. The monoisotopic (exact) mass is 186 g/mol. The number of aliphatic hydroxyl groups is 1.